The number of non-ortho nitro benzene ring substituents is 1. The summed E-state index contributed by atoms with van der Waals surface area (Å²) in [5, 5.41) is 15.0. The highest BCUT2D eigenvalue weighted by atomic mass is 16.6. The van der Waals surface area contributed by atoms with Crippen molar-refractivity contribution in [1.29, 1.82) is 0 Å². The molecule has 2 rings (SSSR count). The number of benzene rings is 2. The molecule has 0 fully saturated rings. The van der Waals surface area contributed by atoms with Crippen molar-refractivity contribution in [1.82, 2.24) is 0 Å². The molecule has 0 spiro atoms. The zero-order valence-corrected chi connectivity index (χ0v) is 11.7. The summed E-state index contributed by atoms with van der Waals surface area (Å²) in [5.41, 5.74) is 4.97. The monoisotopic (exact) mass is 285 g/mol. The Morgan fingerprint density at radius 3 is 2.71 bits per heavy atom. The Balaban J connectivity index is 2.20. The number of para-hydroxylation sites is 1. The number of methoxy groups -OCH3 is 1. The lowest BCUT2D eigenvalue weighted by molar-refractivity contribution is -0.384. The Morgan fingerprint density at radius 1 is 1.24 bits per heavy atom. The van der Waals surface area contributed by atoms with Crippen LogP contribution in [0.2, 0.25) is 0 Å². The molecule has 21 heavy (non-hydrogen) atoms. The topological polar surface area (TPSA) is 76.8 Å². The van der Waals surface area contributed by atoms with Gasteiger partial charge in [0.25, 0.3) is 5.69 Å². The van der Waals surface area contributed by atoms with Gasteiger partial charge in [-0.3, -0.25) is 15.5 Å². The lowest BCUT2D eigenvalue weighted by atomic mass is 10.1. The highest BCUT2D eigenvalue weighted by Crippen LogP contribution is 2.20. The summed E-state index contributed by atoms with van der Waals surface area (Å²) in [6.45, 7) is 1.84. The lowest BCUT2D eigenvalue weighted by Gasteiger charge is -2.08. The summed E-state index contributed by atoms with van der Waals surface area (Å²) in [4.78, 5) is 10.3. The minimum atomic E-state index is -0.442. The van der Waals surface area contributed by atoms with E-state index in [1.807, 2.05) is 31.2 Å². The van der Waals surface area contributed by atoms with Crippen LogP contribution in [-0.2, 0) is 0 Å². The number of nitro benzene ring substituents is 1. The van der Waals surface area contributed by atoms with Crippen molar-refractivity contribution in [3.8, 4) is 5.75 Å². The molecular formula is C15H15N3O3. The summed E-state index contributed by atoms with van der Waals surface area (Å²) in [6, 6.07) is 13.7. The predicted octanol–water partition coefficient (Wildman–Crippen LogP) is 3.44. The minimum Gasteiger partial charge on any atom is -0.496 e. The van der Waals surface area contributed by atoms with E-state index >= 15 is 0 Å². The van der Waals surface area contributed by atoms with Crippen LogP contribution in [0.4, 0.5) is 11.4 Å². The van der Waals surface area contributed by atoms with Crippen LogP contribution >= 0.6 is 0 Å². The SMILES string of the molecule is COc1ccccc1/C(C)=N\Nc1cccc([N+](=O)[O-])c1. The van der Waals surface area contributed by atoms with Crippen molar-refractivity contribution in [2.24, 2.45) is 5.10 Å². The zero-order valence-electron chi connectivity index (χ0n) is 11.7. The normalized spacial score (nSPS) is 11.0. The Kier molecular flexibility index (Phi) is 4.50. The van der Waals surface area contributed by atoms with Gasteiger partial charge in [0.1, 0.15) is 5.75 Å². The average molecular weight is 285 g/mol. The molecule has 0 aliphatic carbocycles. The van der Waals surface area contributed by atoms with Crippen molar-refractivity contribution in [3.63, 3.8) is 0 Å². The molecule has 0 radical (unpaired) electrons. The molecule has 0 aliphatic heterocycles. The molecule has 0 atom stereocenters. The molecule has 2 aromatic carbocycles. The number of nitro groups is 1. The van der Waals surface area contributed by atoms with Gasteiger partial charge in [-0.1, -0.05) is 18.2 Å². The number of anilines is 1. The highest BCUT2D eigenvalue weighted by molar-refractivity contribution is 6.01. The molecule has 0 amide bonds. The van der Waals surface area contributed by atoms with E-state index in [0.717, 1.165) is 17.0 Å². The Bertz CT molecular complexity index is 683. The molecule has 6 nitrogen and oxygen atoms in total. The van der Waals surface area contributed by atoms with Crippen LogP contribution in [0.15, 0.2) is 53.6 Å². The molecule has 1 N–H and O–H groups in total. The van der Waals surface area contributed by atoms with Gasteiger partial charge in [-0.05, 0) is 25.1 Å². The van der Waals surface area contributed by atoms with Gasteiger partial charge in [0.05, 0.1) is 23.4 Å². The third-order valence-corrected chi connectivity index (χ3v) is 2.91. The van der Waals surface area contributed by atoms with Crippen molar-refractivity contribution in [3.05, 3.63) is 64.2 Å². The van der Waals surface area contributed by atoms with Crippen LogP contribution in [0.25, 0.3) is 0 Å². The molecule has 0 saturated heterocycles. The molecule has 0 unspecified atom stereocenters. The van der Waals surface area contributed by atoms with E-state index in [2.05, 4.69) is 10.5 Å². The number of rotatable bonds is 5. The van der Waals surface area contributed by atoms with E-state index in [0.29, 0.717) is 5.69 Å². The molecule has 6 heteroatoms. The number of hydrogen-bond acceptors (Lipinski definition) is 5. The van der Waals surface area contributed by atoms with Crippen LogP contribution in [0.1, 0.15) is 12.5 Å². The average Bonchev–Trinajstić information content (AvgIpc) is 2.52. The van der Waals surface area contributed by atoms with E-state index in [1.165, 1.54) is 12.1 Å². The number of hydrogen-bond donors (Lipinski definition) is 1. The first-order chi connectivity index (χ1) is 10.1. The number of nitrogens with one attached hydrogen (secondary N) is 1. The smallest absolute Gasteiger partial charge is 0.271 e. The molecule has 108 valence electrons. The second-order valence-electron chi connectivity index (χ2n) is 4.32. The molecule has 0 bridgehead atoms. The second kappa shape index (κ2) is 6.51. The Labute approximate surface area is 122 Å². The summed E-state index contributed by atoms with van der Waals surface area (Å²) in [5.74, 6) is 0.722. The van der Waals surface area contributed by atoms with Gasteiger partial charge >= 0.3 is 0 Å². The van der Waals surface area contributed by atoms with Crippen molar-refractivity contribution < 1.29 is 9.66 Å². The molecular weight excluding hydrogens is 270 g/mol. The van der Waals surface area contributed by atoms with Gasteiger partial charge in [-0.2, -0.15) is 5.10 Å². The van der Waals surface area contributed by atoms with E-state index in [9.17, 15) is 10.1 Å². The first-order valence-electron chi connectivity index (χ1n) is 6.30. The summed E-state index contributed by atoms with van der Waals surface area (Å²) in [7, 11) is 1.60. The Hall–Kier alpha value is -2.89. The van der Waals surface area contributed by atoms with Crippen molar-refractivity contribution >= 4 is 17.1 Å². The number of nitrogens with zero attached hydrogens (tertiary/aromatic N) is 2. The van der Waals surface area contributed by atoms with Gasteiger partial charge in [-0.15, -0.1) is 0 Å². The summed E-state index contributed by atoms with van der Waals surface area (Å²) >= 11 is 0. The third kappa shape index (κ3) is 3.56. The predicted molar refractivity (Wildman–Crippen MR) is 81.9 cm³/mol. The first-order valence-corrected chi connectivity index (χ1v) is 6.30. The van der Waals surface area contributed by atoms with E-state index in [-0.39, 0.29) is 5.69 Å². The minimum absolute atomic E-state index is 0.0187. The van der Waals surface area contributed by atoms with Gasteiger partial charge in [0.15, 0.2) is 0 Å². The van der Waals surface area contributed by atoms with Crippen LogP contribution in [0.5, 0.6) is 5.75 Å². The van der Waals surface area contributed by atoms with Gasteiger partial charge < -0.3 is 4.74 Å². The molecule has 2 aromatic rings. The van der Waals surface area contributed by atoms with Crippen molar-refractivity contribution in [2.75, 3.05) is 12.5 Å². The summed E-state index contributed by atoms with van der Waals surface area (Å²) in [6.07, 6.45) is 0. The Morgan fingerprint density at radius 2 is 2.00 bits per heavy atom. The zero-order chi connectivity index (χ0) is 15.2. The van der Waals surface area contributed by atoms with Crippen LogP contribution < -0.4 is 10.2 Å². The standard InChI is InChI=1S/C15H15N3O3/c1-11(14-8-3-4-9-15(14)21-2)16-17-12-6-5-7-13(10-12)18(19)20/h3-10,17H,1-2H3/b16-11-. The van der Waals surface area contributed by atoms with E-state index in [1.54, 1.807) is 19.2 Å². The maximum atomic E-state index is 10.7. The maximum Gasteiger partial charge on any atom is 0.271 e. The molecule has 0 saturated carbocycles. The third-order valence-electron chi connectivity index (χ3n) is 2.91. The molecule has 0 aromatic heterocycles. The van der Waals surface area contributed by atoms with E-state index in [4.69, 9.17) is 4.74 Å². The maximum absolute atomic E-state index is 10.7. The second-order valence-corrected chi connectivity index (χ2v) is 4.32. The lowest BCUT2D eigenvalue weighted by Crippen LogP contribution is -2.02. The quantitative estimate of drug-likeness (QED) is 0.518. The molecule has 0 heterocycles. The largest absolute Gasteiger partial charge is 0.496 e. The van der Waals surface area contributed by atoms with Gasteiger partial charge in [-0.25, -0.2) is 0 Å². The fourth-order valence-corrected chi connectivity index (χ4v) is 1.84. The van der Waals surface area contributed by atoms with Gasteiger partial charge in [0.2, 0.25) is 0 Å². The molecule has 0 aliphatic rings. The summed E-state index contributed by atoms with van der Waals surface area (Å²) < 4.78 is 5.27. The van der Waals surface area contributed by atoms with Crippen molar-refractivity contribution in [2.45, 2.75) is 6.92 Å². The highest BCUT2D eigenvalue weighted by Gasteiger charge is 2.07. The number of hydrazone groups is 1. The number of ether oxygens (including phenoxy) is 1. The van der Waals surface area contributed by atoms with Crippen LogP contribution in [0.3, 0.4) is 0 Å². The van der Waals surface area contributed by atoms with Crippen LogP contribution in [-0.4, -0.2) is 17.7 Å². The van der Waals surface area contributed by atoms with Gasteiger partial charge in [0, 0.05) is 17.7 Å². The fourth-order valence-electron chi connectivity index (χ4n) is 1.84. The van der Waals surface area contributed by atoms with E-state index < -0.39 is 4.92 Å². The van der Waals surface area contributed by atoms with Crippen LogP contribution in [0, 0.1) is 10.1 Å². The fraction of sp³-hybridized carbons (Fsp3) is 0.133. The first kappa shape index (κ1) is 14.5.